The van der Waals surface area contributed by atoms with E-state index in [-0.39, 0.29) is 6.03 Å². The fraction of sp³-hybridized carbons (Fsp3) is 0.294. The van der Waals surface area contributed by atoms with E-state index in [1.165, 1.54) is 5.56 Å². The number of carbonyl (C=O) groups excluding carboxylic acids is 1. The number of hydrogen-bond acceptors (Lipinski definition) is 3. The number of rotatable bonds is 6. The number of amides is 2. The van der Waals surface area contributed by atoms with E-state index in [2.05, 4.69) is 20.9 Å². The summed E-state index contributed by atoms with van der Waals surface area (Å²) in [5.41, 5.74) is 1.91. The maximum atomic E-state index is 11.6. The minimum atomic E-state index is -0.169. The van der Waals surface area contributed by atoms with Crippen molar-refractivity contribution in [2.24, 2.45) is 0 Å². The van der Waals surface area contributed by atoms with Crippen molar-refractivity contribution in [3.05, 3.63) is 53.2 Å². The molecule has 3 N–H and O–H groups in total. The molecule has 1 aromatic heterocycles. The number of nitrogens with zero attached hydrogens (tertiary/aromatic N) is 1. The molecule has 2 aromatic rings. The van der Waals surface area contributed by atoms with Crippen LogP contribution in [-0.4, -0.2) is 23.6 Å². The maximum Gasteiger partial charge on any atom is 0.319 e. The lowest BCUT2D eigenvalue weighted by Crippen LogP contribution is -2.30. The molecule has 0 aliphatic heterocycles. The van der Waals surface area contributed by atoms with E-state index in [0.717, 1.165) is 36.6 Å². The minimum absolute atomic E-state index is 0.169. The Morgan fingerprint density at radius 2 is 1.96 bits per heavy atom. The largest absolute Gasteiger partial charge is 0.370 e. The van der Waals surface area contributed by atoms with Gasteiger partial charge in [0.1, 0.15) is 5.82 Å². The number of halogens is 1. The predicted octanol–water partition coefficient (Wildman–Crippen LogP) is 3.67. The zero-order valence-corrected chi connectivity index (χ0v) is 13.4. The van der Waals surface area contributed by atoms with E-state index < -0.39 is 0 Å². The van der Waals surface area contributed by atoms with E-state index in [0.29, 0.717) is 11.7 Å². The summed E-state index contributed by atoms with van der Waals surface area (Å²) in [6, 6.07) is 11.7. The second-order valence-electron chi connectivity index (χ2n) is 5.61. The predicted molar refractivity (Wildman–Crippen MR) is 93.1 cm³/mol. The van der Waals surface area contributed by atoms with Crippen molar-refractivity contribution >= 4 is 29.1 Å². The highest BCUT2D eigenvalue weighted by molar-refractivity contribution is 6.30. The van der Waals surface area contributed by atoms with Crippen LogP contribution in [0.25, 0.3) is 0 Å². The molecule has 0 bridgehead atoms. The highest BCUT2D eigenvalue weighted by Crippen LogP contribution is 2.19. The van der Waals surface area contributed by atoms with Gasteiger partial charge in [0.15, 0.2) is 0 Å². The second kappa shape index (κ2) is 7.33. The average Bonchev–Trinajstić information content (AvgIpc) is 3.35. The van der Waals surface area contributed by atoms with E-state index in [9.17, 15) is 4.79 Å². The van der Waals surface area contributed by atoms with E-state index in [1.807, 2.05) is 36.4 Å². The van der Waals surface area contributed by atoms with Gasteiger partial charge in [-0.25, -0.2) is 9.78 Å². The summed E-state index contributed by atoms with van der Waals surface area (Å²) in [6.07, 6.45) is 4.68. The molecular weight excluding hydrogens is 312 g/mol. The quantitative estimate of drug-likeness (QED) is 0.757. The maximum absolute atomic E-state index is 11.6. The van der Waals surface area contributed by atoms with Gasteiger partial charge in [-0.2, -0.15) is 0 Å². The Labute approximate surface area is 140 Å². The molecule has 5 nitrogen and oxygen atoms in total. The van der Waals surface area contributed by atoms with Crippen LogP contribution in [0.4, 0.5) is 16.3 Å². The summed E-state index contributed by atoms with van der Waals surface area (Å²) in [5.74, 6) is 0.784. The lowest BCUT2D eigenvalue weighted by molar-refractivity contribution is 0.251. The molecule has 0 radical (unpaired) electrons. The monoisotopic (exact) mass is 330 g/mol. The van der Waals surface area contributed by atoms with Gasteiger partial charge in [0, 0.05) is 17.6 Å². The Balaban J connectivity index is 1.43. The topological polar surface area (TPSA) is 66.0 Å². The second-order valence-corrected chi connectivity index (χ2v) is 6.04. The number of nitrogens with one attached hydrogen (secondary N) is 3. The highest BCUT2D eigenvalue weighted by atomic mass is 35.5. The van der Waals surface area contributed by atoms with Crippen molar-refractivity contribution in [2.75, 3.05) is 17.2 Å². The third-order valence-corrected chi connectivity index (χ3v) is 3.82. The van der Waals surface area contributed by atoms with Crippen LogP contribution < -0.4 is 16.0 Å². The Morgan fingerprint density at radius 1 is 1.17 bits per heavy atom. The lowest BCUT2D eigenvalue weighted by Gasteiger charge is -2.08. The zero-order valence-electron chi connectivity index (χ0n) is 12.7. The number of anilines is 2. The fourth-order valence-corrected chi connectivity index (χ4v) is 2.26. The average molecular weight is 331 g/mol. The molecule has 3 rings (SSSR count). The van der Waals surface area contributed by atoms with Crippen LogP contribution in [-0.2, 0) is 6.42 Å². The van der Waals surface area contributed by atoms with Crippen molar-refractivity contribution in [1.82, 2.24) is 10.3 Å². The summed E-state index contributed by atoms with van der Waals surface area (Å²) in [6.45, 7) is 0.781. The summed E-state index contributed by atoms with van der Waals surface area (Å²) in [4.78, 5) is 15.9. The van der Waals surface area contributed by atoms with Crippen molar-refractivity contribution in [1.29, 1.82) is 0 Å². The number of benzene rings is 1. The third kappa shape index (κ3) is 5.14. The number of carbonyl (C=O) groups is 1. The molecule has 0 atom stereocenters. The minimum Gasteiger partial charge on any atom is -0.370 e. The van der Waals surface area contributed by atoms with Crippen LogP contribution in [0.3, 0.4) is 0 Å². The van der Waals surface area contributed by atoms with Gasteiger partial charge in [-0.05, 0) is 49.1 Å². The standard InChI is InChI=1S/C17H19ClN4O/c18-13-3-1-12(2-4-13)9-10-19-16-8-7-15(11-20-16)22-17(23)21-14-5-6-14/h1-4,7-8,11,14H,5-6,9-10H2,(H,19,20)(H2,21,22,23). The van der Waals surface area contributed by atoms with Crippen LogP contribution in [0.15, 0.2) is 42.6 Å². The van der Waals surface area contributed by atoms with Gasteiger partial charge in [0.05, 0.1) is 11.9 Å². The molecule has 6 heteroatoms. The third-order valence-electron chi connectivity index (χ3n) is 3.57. The number of pyridine rings is 1. The zero-order chi connectivity index (χ0) is 16.1. The fourth-order valence-electron chi connectivity index (χ4n) is 2.14. The van der Waals surface area contributed by atoms with E-state index in [4.69, 9.17) is 11.6 Å². The van der Waals surface area contributed by atoms with Crippen LogP contribution in [0.5, 0.6) is 0 Å². The summed E-state index contributed by atoms with van der Waals surface area (Å²) >= 11 is 5.86. The van der Waals surface area contributed by atoms with E-state index in [1.54, 1.807) is 6.20 Å². The summed E-state index contributed by atoms with van der Waals surface area (Å²) in [5, 5.41) is 9.65. The SMILES string of the molecule is O=C(Nc1ccc(NCCc2ccc(Cl)cc2)nc1)NC1CC1. The Bertz CT molecular complexity index is 653. The van der Waals surface area contributed by atoms with Gasteiger partial charge < -0.3 is 16.0 Å². The molecule has 2 amide bonds. The number of aromatic nitrogens is 1. The van der Waals surface area contributed by atoms with E-state index >= 15 is 0 Å². The smallest absolute Gasteiger partial charge is 0.319 e. The lowest BCUT2D eigenvalue weighted by atomic mass is 10.1. The number of urea groups is 1. The van der Waals surface area contributed by atoms with Gasteiger partial charge >= 0.3 is 6.03 Å². The van der Waals surface area contributed by atoms with Gasteiger partial charge in [0.25, 0.3) is 0 Å². The first-order valence-electron chi connectivity index (χ1n) is 7.71. The van der Waals surface area contributed by atoms with Gasteiger partial charge in [-0.3, -0.25) is 0 Å². The van der Waals surface area contributed by atoms with Crippen molar-refractivity contribution < 1.29 is 4.79 Å². The van der Waals surface area contributed by atoms with Crippen molar-refractivity contribution in [3.63, 3.8) is 0 Å². The summed E-state index contributed by atoms with van der Waals surface area (Å²) in [7, 11) is 0. The van der Waals surface area contributed by atoms with Gasteiger partial charge in [0.2, 0.25) is 0 Å². The van der Waals surface area contributed by atoms with Crippen molar-refractivity contribution in [2.45, 2.75) is 25.3 Å². The highest BCUT2D eigenvalue weighted by Gasteiger charge is 2.23. The Hall–Kier alpha value is -2.27. The molecule has 0 saturated heterocycles. The summed E-state index contributed by atoms with van der Waals surface area (Å²) < 4.78 is 0. The molecule has 1 aliphatic rings. The normalized spacial score (nSPS) is 13.4. The van der Waals surface area contributed by atoms with Crippen LogP contribution in [0.1, 0.15) is 18.4 Å². The van der Waals surface area contributed by atoms with Crippen LogP contribution in [0, 0.1) is 0 Å². The molecule has 0 spiro atoms. The molecule has 23 heavy (non-hydrogen) atoms. The van der Waals surface area contributed by atoms with Crippen LogP contribution in [0.2, 0.25) is 5.02 Å². The molecular formula is C17H19ClN4O. The molecule has 1 saturated carbocycles. The molecule has 1 aliphatic carbocycles. The molecule has 0 unspecified atom stereocenters. The molecule has 1 fully saturated rings. The first-order valence-corrected chi connectivity index (χ1v) is 8.09. The van der Waals surface area contributed by atoms with Gasteiger partial charge in [-0.1, -0.05) is 23.7 Å². The van der Waals surface area contributed by atoms with Gasteiger partial charge in [-0.15, -0.1) is 0 Å². The molecule has 1 heterocycles. The van der Waals surface area contributed by atoms with Crippen molar-refractivity contribution in [3.8, 4) is 0 Å². The first-order chi connectivity index (χ1) is 11.2. The Kier molecular flexibility index (Phi) is 4.98. The Morgan fingerprint density at radius 3 is 2.61 bits per heavy atom. The van der Waals surface area contributed by atoms with Crippen LogP contribution >= 0.6 is 11.6 Å². The first kappa shape index (κ1) is 15.6. The number of hydrogen-bond donors (Lipinski definition) is 3. The molecule has 120 valence electrons. The molecule has 1 aromatic carbocycles.